The summed E-state index contributed by atoms with van der Waals surface area (Å²) < 4.78 is 23.2. The van der Waals surface area contributed by atoms with Crippen molar-refractivity contribution in [1.82, 2.24) is 4.90 Å². The second-order valence-corrected chi connectivity index (χ2v) is 9.96. The first-order chi connectivity index (χ1) is 10.3. The number of amides is 1. The molecular weight excluding hydrogens is 318 g/mol. The van der Waals surface area contributed by atoms with Crippen molar-refractivity contribution in [3.63, 3.8) is 0 Å². The minimum absolute atomic E-state index is 0.00615. The fourth-order valence-corrected chi connectivity index (χ4v) is 5.16. The Morgan fingerprint density at radius 1 is 1.36 bits per heavy atom. The van der Waals surface area contributed by atoms with E-state index in [0.29, 0.717) is 12.5 Å². The summed E-state index contributed by atoms with van der Waals surface area (Å²) in [5, 5.41) is 0. The predicted molar refractivity (Wildman–Crippen MR) is 91.2 cm³/mol. The molecule has 1 aliphatic rings. The second-order valence-electron chi connectivity index (χ2n) is 6.60. The van der Waals surface area contributed by atoms with Crippen molar-refractivity contribution in [3.05, 3.63) is 21.9 Å². The van der Waals surface area contributed by atoms with E-state index in [1.165, 1.54) is 11.1 Å². The molecule has 4 nitrogen and oxygen atoms in total. The van der Waals surface area contributed by atoms with Gasteiger partial charge in [-0.1, -0.05) is 13.8 Å². The highest BCUT2D eigenvalue weighted by molar-refractivity contribution is 7.90. The number of hydrogen-bond acceptors (Lipinski definition) is 4. The molecule has 1 atom stereocenters. The Morgan fingerprint density at radius 2 is 2.09 bits per heavy atom. The van der Waals surface area contributed by atoms with Gasteiger partial charge in [0.25, 0.3) is 5.91 Å². The summed E-state index contributed by atoms with van der Waals surface area (Å²) in [6.45, 7) is 4.98. The lowest BCUT2D eigenvalue weighted by atomic mass is 10.0. The molecule has 0 aliphatic carbocycles. The average Bonchev–Trinajstić information content (AvgIpc) is 2.84. The van der Waals surface area contributed by atoms with E-state index in [1.807, 2.05) is 12.1 Å². The summed E-state index contributed by atoms with van der Waals surface area (Å²) in [6, 6.07) is 3.73. The molecule has 1 fully saturated rings. The standard InChI is InChI=1S/C16H25NO3S2/c1-12(2)10-14-7-8-15(21-14)16(18)17-9-5-4-6-13(17)11-22(3,19)20/h7-8,12-13H,4-6,9-11H2,1-3H3. The number of hydrogen-bond donors (Lipinski definition) is 0. The van der Waals surface area contributed by atoms with E-state index in [2.05, 4.69) is 13.8 Å². The van der Waals surface area contributed by atoms with Crippen molar-refractivity contribution < 1.29 is 13.2 Å². The van der Waals surface area contributed by atoms with Crippen LogP contribution in [0.2, 0.25) is 0 Å². The third-order valence-corrected chi connectivity index (χ3v) is 5.95. The van der Waals surface area contributed by atoms with Crippen LogP contribution < -0.4 is 0 Å². The smallest absolute Gasteiger partial charge is 0.264 e. The largest absolute Gasteiger partial charge is 0.334 e. The molecule has 6 heteroatoms. The van der Waals surface area contributed by atoms with Gasteiger partial charge in [-0.05, 0) is 43.7 Å². The molecule has 1 aliphatic heterocycles. The van der Waals surface area contributed by atoms with Gasteiger partial charge < -0.3 is 4.90 Å². The lowest BCUT2D eigenvalue weighted by molar-refractivity contribution is 0.0644. The Kier molecular flexibility index (Phi) is 5.66. The molecule has 0 N–H and O–H groups in total. The van der Waals surface area contributed by atoms with Crippen molar-refractivity contribution in [2.24, 2.45) is 5.92 Å². The average molecular weight is 344 g/mol. The van der Waals surface area contributed by atoms with E-state index in [9.17, 15) is 13.2 Å². The molecular formula is C16H25NO3S2. The van der Waals surface area contributed by atoms with Crippen molar-refractivity contribution in [3.8, 4) is 0 Å². The highest BCUT2D eigenvalue weighted by Crippen LogP contribution is 2.25. The molecule has 0 spiro atoms. The molecule has 2 heterocycles. The van der Waals surface area contributed by atoms with Crippen LogP contribution in [0.4, 0.5) is 0 Å². The summed E-state index contributed by atoms with van der Waals surface area (Å²) in [5.41, 5.74) is 0. The Labute approximate surface area is 137 Å². The lowest BCUT2D eigenvalue weighted by Crippen LogP contribution is -2.46. The Hall–Kier alpha value is -0.880. The van der Waals surface area contributed by atoms with Crippen LogP contribution >= 0.6 is 11.3 Å². The minimum Gasteiger partial charge on any atom is -0.334 e. The van der Waals surface area contributed by atoms with Crippen LogP contribution in [0.15, 0.2) is 12.1 Å². The normalized spacial score (nSPS) is 19.6. The molecule has 0 bridgehead atoms. The lowest BCUT2D eigenvalue weighted by Gasteiger charge is -2.35. The molecule has 1 aromatic rings. The van der Waals surface area contributed by atoms with Crippen LogP contribution in [0.3, 0.4) is 0 Å². The summed E-state index contributed by atoms with van der Waals surface area (Å²) in [7, 11) is -3.07. The van der Waals surface area contributed by atoms with E-state index < -0.39 is 9.84 Å². The van der Waals surface area contributed by atoms with Crippen LogP contribution in [-0.2, 0) is 16.3 Å². The number of sulfone groups is 1. The molecule has 0 aromatic carbocycles. The Morgan fingerprint density at radius 3 is 2.73 bits per heavy atom. The molecule has 0 radical (unpaired) electrons. The maximum atomic E-state index is 12.7. The second kappa shape index (κ2) is 7.13. The topological polar surface area (TPSA) is 54.5 Å². The fourth-order valence-electron chi connectivity index (χ4n) is 2.94. The molecule has 124 valence electrons. The number of carbonyl (C=O) groups excluding carboxylic acids is 1. The number of rotatable bonds is 5. The zero-order valence-corrected chi connectivity index (χ0v) is 15.2. The van der Waals surface area contributed by atoms with E-state index in [-0.39, 0.29) is 17.7 Å². The van der Waals surface area contributed by atoms with Crippen LogP contribution in [0.25, 0.3) is 0 Å². The molecule has 0 saturated carbocycles. The molecule has 1 amide bonds. The number of thiophene rings is 1. The van der Waals surface area contributed by atoms with Crippen molar-refractivity contribution in [1.29, 1.82) is 0 Å². The molecule has 1 saturated heterocycles. The van der Waals surface area contributed by atoms with E-state index >= 15 is 0 Å². The van der Waals surface area contributed by atoms with Crippen LogP contribution in [0.5, 0.6) is 0 Å². The quantitative estimate of drug-likeness (QED) is 0.826. The summed E-state index contributed by atoms with van der Waals surface area (Å²) >= 11 is 1.54. The maximum absolute atomic E-state index is 12.7. The van der Waals surface area contributed by atoms with Crippen LogP contribution in [0, 0.1) is 5.92 Å². The van der Waals surface area contributed by atoms with Crippen LogP contribution in [-0.4, -0.2) is 43.8 Å². The fraction of sp³-hybridized carbons (Fsp3) is 0.688. The minimum atomic E-state index is -3.07. The highest BCUT2D eigenvalue weighted by atomic mass is 32.2. The van der Waals surface area contributed by atoms with Gasteiger partial charge in [0.05, 0.1) is 10.6 Å². The third-order valence-electron chi connectivity index (χ3n) is 3.87. The van der Waals surface area contributed by atoms with Gasteiger partial charge >= 0.3 is 0 Å². The SMILES string of the molecule is CC(C)Cc1ccc(C(=O)N2CCCCC2CS(C)(=O)=O)s1. The maximum Gasteiger partial charge on any atom is 0.264 e. The van der Waals surface area contributed by atoms with E-state index in [4.69, 9.17) is 0 Å². The molecule has 1 aromatic heterocycles. The molecule has 22 heavy (non-hydrogen) atoms. The molecule has 2 rings (SSSR count). The monoisotopic (exact) mass is 343 g/mol. The predicted octanol–water partition coefficient (Wildman–Crippen LogP) is 2.99. The van der Waals surface area contributed by atoms with Crippen molar-refractivity contribution in [2.45, 2.75) is 45.6 Å². The number of nitrogens with zero attached hydrogens (tertiary/aromatic N) is 1. The van der Waals surface area contributed by atoms with Gasteiger partial charge in [-0.3, -0.25) is 4.79 Å². The Balaban J connectivity index is 2.13. The van der Waals surface area contributed by atoms with Gasteiger partial charge in [-0.2, -0.15) is 0 Å². The van der Waals surface area contributed by atoms with Gasteiger partial charge in [-0.15, -0.1) is 11.3 Å². The summed E-state index contributed by atoms with van der Waals surface area (Å²) in [4.78, 5) is 16.5. The first-order valence-corrected chi connectivity index (χ1v) is 10.7. The van der Waals surface area contributed by atoms with Gasteiger partial charge in [0.1, 0.15) is 9.84 Å². The van der Waals surface area contributed by atoms with E-state index in [1.54, 1.807) is 16.2 Å². The highest BCUT2D eigenvalue weighted by Gasteiger charge is 2.30. The van der Waals surface area contributed by atoms with Gasteiger partial charge in [0.2, 0.25) is 0 Å². The van der Waals surface area contributed by atoms with Gasteiger partial charge in [0.15, 0.2) is 0 Å². The number of carbonyl (C=O) groups is 1. The zero-order valence-electron chi connectivity index (χ0n) is 13.5. The van der Waals surface area contributed by atoms with Crippen molar-refractivity contribution >= 4 is 27.1 Å². The van der Waals surface area contributed by atoms with Crippen molar-refractivity contribution in [2.75, 3.05) is 18.6 Å². The third kappa shape index (κ3) is 4.81. The Bertz CT molecular complexity index is 619. The first kappa shape index (κ1) is 17.5. The summed E-state index contributed by atoms with van der Waals surface area (Å²) in [6.07, 6.45) is 4.95. The van der Waals surface area contributed by atoms with Crippen LogP contribution in [0.1, 0.15) is 47.7 Å². The van der Waals surface area contributed by atoms with Gasteiger partial charge in [-0.25, -0.2) is 8.42 Å². The number of likely N-dealkylation sites (tertiary alicyclic amines) is 1. The first-order valence-electron chi connectivity index (χ1n) is 7.83. The molecule has 1 unspecified atom stereocenters. The number of piperidine rings is 1. The summed E-state index contributed by atoms with van der Waals surface area (Å²) in [5.74, 6) is 0.631. The zero-order chi connectivity index (χ0) is 16.3. The van der Waals surface area contributed by atoms with Gasteiger partial charge in [0, 0.05) is 23.7 Å². The van der Waals surface area contributed by atoms with E-state index in [0.717, 1.165) is 30.6 Å².